The van der Waals surface area contributed by atoms with Crippen molar-refractivity contribution in [3.05, 3.63) is 24.3 Å². The summed E-state index contributed by atoms with van der Waals surface area (Å²) in [6.45, 7) is 5.76. The molecular formula is C15H23N3O3. The molecule has 6 nitrogen and oxygen atoms in total. The molecule has 0 radical (unpaired) electrons. The number of benzene rings is 1. The van der Waals surface area contributed by atoms with Gasteiger partial charge in [-0.15, -0.1) is 0 Å². The minimum Gasteiger partial charge on any atom is -0.497 e. The zero-order chi connectivity index (χ0) is 15.9. The molecule has 0 atom stereocenters. The average molecular weight is 293 g/mol. The molecule has 0 unspecified atom stereocenters. The summed E-state index contributed by atoms with van der Waals surface area (Å²) in [4.78, 5) is 15.6. The Morgan fingerprint density at radius 1 is 1.29 bits per heavy atom. The van der Waals surface area contributed by atoms with E-state index in [0.717, 1.165) is 11.4 Å². The molecule has 0 amide bonds. The number of esters is 1. The maximum atomic E-state index is 11.5. The second-order valence-corrected chi connectivity index (χ2v) is 5.46. The van der Waals surface area contributed by atoms with Crippen molar-refractivity contribution in [1.82, 2.24) is 0 Å². The van der Waals surface area contributed by atoms with E-state index in [0.29, 0.717) is 0 Å². The number of hydrogen-bond donors (Lipinski definition) is 2. The molecule has 0 bridgehead atoms. The first-order valence-electron chi connectivity index (χ1n) is 6.73. The number of carbonyl (C=O) groups is 1. The van der Waals surface area contributed by atoms with Gasteiger partial charge in [-0.25, -0.2) is 0 Å². The van der Waals surface area contributed by atoms with Crippen molar-refractivity contribution in [3.63, 3.8) is 0 Å². The van der Waals surface area contributed by atoms with E-state index in [2.05, 4.69) is 10.3 Å². The first-order chi connectivity index (χ1) is 9.80. The highest BCUT2D eigenvalue weighted by molar-refractivity contribution is 5.92. The molecule has 3 N–H and O–H groups in total. The van der Waals surface area contributed by atoms with Gasteiger partial charge in [-0.1, -0.05) is 0 Å². The van der Waals surface area contributed by atoms with Gasteiger partial charge in [0.1, 0.15) is 11.4 Å². The molecule has 0 spiro atoms. The van der Waals surface area contributed by atoms with Crippen LogP contribution < -0.4 is 15.8 Å². The summed E-state index contributed by atoms with van der Waals surface area (Å²) in [6.07, 6.45) is 0.197. The lowest BCUT2D eigenvalue weighted by Gasteiger charge is -2.19. The van der Waals surface area contributed by atoms with Crippen LogP contribution in [0.5, 0.6) is 5.75 Å². The second kappa shape index (κ2) is 7.52. The van der Waals surface area contributed by atoms with Gasteiger partial charge in [-0.05, 0) is 45.0 Å². The van der Waals surface area contributed by atoms with Gasteiger partial charge in [-0.3, -0.25) is 9.79 Å². The number of rotatable bonds is 5. The summed E-state index contributed by atoms with van der Waals surface area (Å²) in [7, 11) is 1.61. The van der Waals surface area contributed by atoms with E-state index in [9.17, 15) is 4.79 Å². The number of anilines is 1. The van der Waals surface area contributed by atoms with Gasteiger partial charge in [0.2, 0.25) is 0 Å². The molecule has 0 aliphatic heterocycles. The van der Waals surface area contributed by atoms with E-state index in [4.69, 9.17) is 15.2 Å². The van der Waals surface area contributed by atoms with E-state index >= 15 is 0 Å². The van der Waals surface area contributed by atoms with Crippen LogP contribution in [-0.4, -0.2) is 31.2 Å². The molecule has 0 aromatic heterocycles. The van der Waals surface area contributed by atoms with E-state index in [1.54, 1.807) is 7.11 Å². The Labute approximate surface area is 125 Å². The number of nitrogens with one attached hydrogen (secondary N) is 1. The van der Waals surface area contributed by atoms with Crippen LogP contribution in [0.1, 0.15) is 27.2 Å². The zero-order valence-corrected chi connectivity index (χ0v) is 13.0. The lowest BCUT2D eigenvalue weighted by atomic mass is 10.2. The second-order valence-electron chi connectivity index (χ2n) is 5.46. The number of methoxy groups -OCH3 is 1. The third-order valence-corrected chi connectivity index (χ3v) is 2.38. The predicted octanol–water partition coefficient (Wildman–Crippen LogP) is 2.15. The fourth-order valence-corrected chi connectivity index (χ4v) is 1.52. The number of hydrogen-bond acceptors (Lipinski definition) is 4. The molecule has 1 rings (SSSR count). The van der Waals surface area contributed by atoms with Crippen molar-refractivity contribution >= 4 is 17.6 Å². The quantitative estimate of drug-likeness (QED) is 0.493. The molecule has 0 aliphatic carbocycles. The standard InChI is InChI=1S/C15H23N3O3/c1-15(2,3)21-13(19)9-10-17-14(16)18-11-5-7-12(20-4)8-6-11/h5-8H,9-10H2,1-4H3,(H3,16,17,18). The van der Waals surface area contributed by atoms with Gasteiger partial charge in [0, 0.05) is 5.69 Å². The molecule has 0 saturated carbocycles. The molecule has 0 heterocycles. The van der Waals surface area contributed by atoms with Gasteiger partial charge in [0.15, 0.2) is 5.96 Å². The number of guanidine groups is 1. The van der Waals surface area contributed by atoms with Crippen molar-refractivity contribution in [2.24, 2.45) is 10.7 Å². The zero-order valence-electron chi connectivity index (χ0n) is 13.0. The Hall–Kier alpha value is -2.24. The summed E-state index contributed by atoms with van der Waals surface area (Å²) >= 11 is 0. The number of aliphatic imine (C=N–C) groups is 1. The molecule has 1 aromatic rings. The summed E-state index contributed by atoms with van der Waals surface area (Å²) in [5.41, 5.74) is 6.07. The van der Waals surface area contributed by atoms with Crippen molar-refractivity contribution < 1.29 is 14.3 Å². The Balaban J connectivity index is 2.40. The topological polar surface area (TPSA) is 85.9 Å². The van der Waals surface area contributed by atoms with Gasteiger partial charge in [0.25, 0.3) is 0 Å². The Morgan fingerprint density at radius 3 is 2.43 bits per heavy atom. The lowest BCUT2D eigenvalue weighted by Crippen LogP contribution is -2.25. The van der Waals surface area contributed by atoms with Crippen LogP contribution in [0.25, 0.3) is 0 Å². The van der Waals surface area contributed by atoms with E-state index in [-0.39, 0.29) is 24.9 Å². The van der Waals surface area contributed by atoms with Gasteiger partial charge < -0.3 is 20.5 Å². The van der Waals surface area contributed by atoms with Crippen LogP contribution in [0.15, 0.2) is 29.3 Å². The molecular weight excluding hydrogens is 270 g/mol. The molecule has 6 heteroatoms. The van der Waals surface area contributed by atoms with Crippen LogP contribution in [0.2, 0.25) is 0 Å². The number of ether oxygens (including phenoxy) is 2. The molecule has 21 heavy (non-hydrogen) atoms. The minimum absolute atomic E-state index is 0.197. The minimum atomic E-state index is -0.478. The molecule has 116 valence electrons. The van der Waals surface area contributed by atoms with Crippen molar-refractivity contribution in [2.75, 3.05) is 19.0 Å². The van der Waals surface area contributed by atoms with Crippen molar-refractivity contribution in [1.29, 1.82) is 0 Å². The normalized spacial score (nSPS) is 11.9. The average Bonchev–Trinajstić information content (AvgIpc) is 2.37. The van der Waals surface area contributed by atoms with Crippen LogP contribution in [0.3, 0.4) is 0 Å². The fourth-order valence-electron chi connectivity index (χ4n) is 1.52. The smallest absolute Gasteiger partial charge is 0.308 e. The largest absolute Gasteiger partial charge is 0.497 e. The molecule has 1 aromatic carbocycles. The third-order valence-electron chi connectivity index (χ3n) is 2.38. The van der Waals surface area contributed by atoms with Crippen molar-refractivity contribution in [2.45, 2.75) is 32.8 Å². The first kappa shape index (κ1) is 16.8. The van der Waals surface area contributed by atoms with Gasteiger partial charge in [-0.2, -0.15) is 0 Å². The maximum Gasteiger partial charge on any atom is 0.308 e. The molecule has 0 saturated heterocycles. The summed E-state index contributed by atoms with van der Waals surface area (Å²) in [6, 6.07) is 7.29. The van der Waals surface area contributed by atoms with E-state index in [1.807, 2.05) is 45.0 Å². The molecule has 0 fully saturated rings. The highest BCUT2D eigenvalue weighted by Gasteiger charge is 2.15. The first-order valence-corrected chi connectivity index (χ1v) is 6.73. The van der Waals surface area contributed by atoms with Gasteiger partial charge in [0.05, 0.1) is 20.1 Å². The van der Waals surface area contributed by atoms with E-state index < -0.39 is 5.60 Å². The number of nitrogens with zero attached hydrogens (tertiary/aromatic N) is 1. The molecule has 0 aliphatic rings. The SMILES string of the molecule is COc1ccc(NC(N)=NCCC(=O)OC(C)(C)C)cc1. The Kier molecular flexibility index (Phi) is 6.02. The summed E-state index contributed by atoms with van der Waals surface area (Å²) in [5, 5.41) is 2.94. The Bertz CT molecular complexity index is 490. The highest BCUT2D eigenvalue weighted by atomic mass is 16.6. The highest BCUT2D eigenvalue weighted by Crippen LogP contribution is 2.14. The van der Waals surface area contributed by atoms with Crippen LogP contribution >= 0.6 is 0 Å². The fraction of sp³-hybridized carbons (Fsp3) is 0.467. The predicted molar refractivity (Wildman–Crippen MR) is 83.6 cm³/mol. The summed E-state index contributed by atoms with van der Waals surface area (Å²) in [5.74, 6) is 0.730. The number of carbonyl (C=O) groups excluding carboxylic acids is 1. The monoisotopic (exact) mass is 293 g/mol. The Morgan fingerprint density at radius 2 is 1.90 bits per heavy atom. The third kappa shape index (κ3) is 7.20. The lowest BCUT2D eigenvalue weighted by molar-refractivity contribution is -0.154. The number of nitrogens with two attached hydrogens (primary N) is 1. The van der Waals surface area contributed by atoms with Crippen molar-refractivity contribution in [3.8, 4) is 5.75 Å². The van der Waals surface area contributed by atoms with E-state index in [1.165, 1.54) is 0 Å². The maximum absolute atomic E-state index is 11.5. The van der Waals surface area contributed by atoms with Gasteiger partial charge >= 0.3 is 5.97 Å². The van der Waals surface area contributed by atoms with Crippen LogP contribution in [0, 0.1) is 0 Å². The van der Waals surface area contributed by atoms with Crippen LogP contribution in [0.4, 0.5) is 5.69 Å². The summed E-state index contributed by atoms with van der Waals surface area (Å²) < 4.78 is 10.2. The van der Waals surface area contributed by atoms with Crippen LogP contribution in [-0.2, 0) is 9.53 Å².